The molecule has 2 aliphatic heterocycles. The second-order valence-corrected chi connectivity index (χ2v) is 8.94. The maximum atomic E-state index is 13.0. The van der Waals surface area contributed by atoms with Crippen LogP contribution in [-0.2, 0) is 14.9 Å². The van der Waals surface area contributed by atoms with Crippen LogP contribution in [0.25, 0.3) is 0 Å². The number of aliphatic carboxylic acids is 1. The number of nitrogens with one attached hydrogen (secondary N) is 1. The van der Waals surface area contributed by atoms with Gasteiger partial charge in [-0.1, -0.05) is 38.1 Å². The molecule has 3 rings (SSSR count). The molecule has 2 aliphatic rings. The SMILES string of the molecule is C=CC(C)(C)[C@@]12CC(C(=O)O)N(C(=O)OC(C)(C)C)[C@@H]1Nc1ccccc12. The predicted octanol–water partition coefficient (Wildman–Crippen LogP) is 3.98. The molecule has 0 spiro atoms. The van der Waals surface area contributed by atoms with E-state index in [9.17, 15) is 14.7 Å². The first-order valence-electron chi connectivity index (χ1n) is 9.18. The Kier molecular flexibility index (Phi) is 4.29. The number of rotatable bonds is 3. The van der Waals surface area contributed by atoms with Crippen molar-refractivity contribution in [2.45, 2.75) is 64.3 Å². The van der Waals surface area contributed by atoms with Crippen LogP contribution in [-0.4, -0.2) is 39.9 Å². The van der Waals surface area contributed by atoms with Crippen molar-refractivity contribution in [1.82, 2.24) is 4.90 Å². The molecule has 1 aromatic rings. The number of carboxylic acid groups (broad SMARTS) is 1. The summed E-state index contributed by atoms with van der Waals surface area (Å²) >= 11 is 0. The molecule has 1 unspecified atom stereocenters. The molecule has 1 amide bonds. The summed E-state index contributed by atoms with van der Waals surface area (Å²) in [5, 5.41) is 13.3. The van der Waals surface area contributed by atoms with E-state index in [1.165, 1.54) is 4.90 Å². The number of allylic oxidation sites excluding steroid dienone is 1. The number of hydrogen-bond donors (Lipinski definition) is 2. The summed E-state index contributed by atoms with van der Waals surface area (Å²) in [5.41, 5.74) is 0.129. The van der Waals surface area contributed by atoms with Crippen LogP contribution in [0.15, 0.2) is 36.9 Å². The van der Waals surface area contributed by atoms with Gasteiger partial charge in [0.2, 0.25) is 0 Å². The maximum absolute atomic E-state index is 13.0. The fraction of sp³-hybridized carbons (Fsp3) is 0.524. The molecule has 1 saturated heterocycles. The lowest BCUT2D eigenvalue weighted by Gasteiger charge is -2.43. The minimum absolute atomic E-state index is 0.287. The van der Waals surface area contributed by atoms with E-state index in [-0.39, 0.29) is 6.42 Å². The lowest BCUT2D eigenvalue weighted by molar-refractivity contribution is -0.142. The molecular formula is C21H28N2O4. The van der Waals surface area contributed by atoms with E-state index in [0.717, 1.165) is 11.3 Å². The van der Waals surface area contributed by atoms with Crippen molar-refractivity contribution in [3.63, 3.8) is 0 Å². The van der Waals surface area contributed by atoms with E-state index < -0.39 is 40.7 Å². The van der Waals surface area contributed by atoms with Crippen molar-refractivity contribution in [1.29, 1.82) is 0 Å². The van der Waals surface area contributed by atoms with Gasteiger partial charge >= 0.3 is 12.1 Å². The van der Waals surface area contributed by atoms with E-state index in [0.29, 0.717) is 0 Å². The molecule has 0 radical (unpaired) electrons. The number of hydrogen-bond acceptors (Lipinski definition) is 4. The van der Waals surface area contributed by atoms with Crippen LogP contribution < -0.4 is 5.32 Å². The smallest absolute Gasteiger partial charge is 0.412 e. The summed E-state index contributed by atoms with van der Waals surface area (Å²) in [6.45, 7) is 13.4. The largest absolute Gasteiger partial charge is 0.480 e. The van der Waals surface area contributed by atoms with Crippen molar-refractivity contribution in [2.24, 2.45) is 5.41 Å². The lowest BCUT2D eigenvalue weighted by Crippen LogP contribution is -2.54. The molecule has 6 nitrogen and oxygen atoms in total. The Balaban J connectivity index is 2.17. The van der Waals surface area contributed by atoms with E-state index in [2.05, 4.69) is 11.9 Å². The van der Waals surface area contributed by atoms with Crippen molar-refractivity contribution in [3.8, 4) is 0 Å². The van der Waals surface area contributed by atoms with Gasteiger partial charge in [0, 0.05) is 11.1 Å². The summed E-state index contributed by atoms with van der Waals surface area (Å²) in [6, 6.07) is 6.84. The minimum atomic E-state index is -1.03. The molecule has 2 heterocycles. The Morgan fingerprint density at radius 2 is 1.93 bits per heavy atom. The number of anilines is 1. The third-order valence-corrected chi connectivity index (χ3v) is 5.85. The third kappa shape index (κ3) is 2.78. The lowest BCUT2D eigenvalue weighted by atomic mass is 9.60. The molecule has 6 heteroatoms. The van der Waals surface area contributed by atoms with Gasteiger partial charge in [0.05, 0.1) is 0 Å². The number of carboxylic acids is 1. The topological polar surface area (TPSA) is 78.9 Å². The van der Waals surface area contributed by atoms with Gasteiger partial charge in [-0.05, 0) is 44.2 Å². The predicted molar refractivity (Wildman–Crippen MR) is 104 cm³/mol. The molecular weight excluding hydrogens is 344 g/mol. The number of para-hydroxylation sites is 1. The van der Waals surface area contributed by atoms with Gasteiger partial charge in [-0.15, -0.1) is 6.58 Å². The van der Waals surface area contributed by atoms with Crippen molar-refractivity contribution >= 4 is 17.7 Å². The van der Waals surface area contributed by atoms with E-state index in [4.69, 9.17) is 4.74 Å². The van der Waals surface area contributed by atoms with E-state index in [1.54, 1.807) is 20.8 Å². The highest BCUT2D eigenvalue weighted by molar-refractivity contribution is 5.84. The first kappa shape index (κ1) is 19.3. The first-order chi connectivity index (χ1) is 12.4. The van der Waals surface area contributed by atoms with Crippen LogP contribution in [0.4, 0.5) is 10.5 Å². The molecule has 0 aliphatic carbocycles. The van der Waals surface area contributed by atoms with Gasteiger partial charge in [-0.25, -0.2) is 9.59 Å². The van der Waals surface area contributed by atoms with E-state index >= 15 is 0 Å². The third-order valence-electron chi connectivity index (χ3n) is 5.85. The van der Waals surface area contributed by atoms with Crippen LogP contribution in [0.1, 0.15) is 46.6 Å². The molecule has 1 aromatic carbocycles. The average Bonchev–Trinajstić information content (AvgIpc) is 3.05. The van der Waals surface area contributed by atoms with Gasteiger partial charge in [0.15, 0.2) is 0 Å². The van der Waals surface area contributed by atoms with Crippen LogP contribution in [0.3, 0.4) is 0 Å². The zero-order chi connectivity index (χ0) is 20.2. The summed E-state index contributed by atoms with van der Waals surface area (Å²) in [6.07, 6.45) is 0.983. The maximum Gasteiger partial charge on any atom is 0.412 e. The molecule has 0 bridgehead atoms. The highest BCUT2D eigenvalue weighted by Crippen LogP contribution is 2.60. The second-order valence-electron chi connectivity index (χ2n) is 8.94. The number of benzene rings is 1. The Hall–Kier alpha value is -2.50. The fourth-order valence-corrected chi connectivity index (χ4v) is 4.43. The Bertz CT molecular complexity index is 796. The quantitative estimate of drug-likeness (QED) is 0.785. The summed E-state index contributed by atoms with van der Waals surface area (Å²) in [4.78, 5) is 26.4. The van der Waals surface area contributed by atoms with Gasteiger partial charge in [-0.3, -0.25) is 4.90 Å². The number of amides is 1. The molecule has 146 valence electrons. The Morgan fingerprint density at radius 1 is 1.30 bits per heavy atom. The molecule has 0 saturated carbocycles. The number of nitrogens with zero attached hydrogens (tertiary/aromatic N) is 1. The van der Waals surface area contributed by atoms with Crippen LogP contribution in [0, 0.1) is 5.41 Å². The summed E-state index contributed by atoms with van der Waals surface area (Å²) < 4.78 is 5.56. The van der Waals surface area contributed by atoms with Gasteiger partial charge in [-0.2, -0.15) is 0 Å². The highest BCUT2D eigenvalue weighted by Gasteiger charge is 2.66. The second kappa shape index (κ2) is 6.01. The average molecular weight is 372 g/mol. The molecule has 0 aromatic heterocycles. The van der Waals surface area contributed by atoms with Crippen LogP contribution in [0.2, 0.25) is 0 Å². The Morgan fingerprint density at radius 3 is 2.48 bits per heavy atom. The number of ether oxygens (including phenoxy) is 1. The number of carbonyl (C=O) groups excluding carboxylic acids is 1. The van der Waals surface area contributed by atoms with Gasteiger partial charge in [0.25, 0.3) is 0 Å². The minimum Gasteiger partial charge on any atom is -0.480 e. The monoisotopic (exact) mass is 372 g/mol. The van der Waals surface area contributed by atoms with Crippen LogP contribution in [0.5, 0.6) is 0 Å². The molecule has 3 atom stereocenters. The van der Waals surface area contributed by atoms with Crippen LogP contribution >= 0.6 is 0 Å². The highest BCUT2D eigenvalue weighted by atomic mass is 16.6. The van der Waals surface area contributed by atoms with Gasteiger partial charge < -0.3 is 15.2 Å². The normalized spacial score (nSPS) is 26.8. The molecule has 1 fully saturated rings. The molecule has 27 heavy (non-hydrogen) atoms. The zero-order valence-electron chi connectivity index (χ0n) is 16.6. The van der Waals surface area contributed by atoms with E-state index in [1.807, 2.05) is 44.2 Å². The summed E-state index contributed by atoms with van der Waals surface area (Å²) in [5.74, 6) is -1.03. The fourth-order valence-electron chi connectivity index (χ4n) is 4.43. The number of carbonyl (C=O) groups is 2. The molecule has 2 N–H and O–H groups in total. The number of fused-ring (bicyclic) bond motifs is 3. The Labute approximate surface area is 160 Å². The van der Waals surface area contributed by atoms with Crippen molar-refractivity contribution in [3.05, 3.63) is 42.5 Å². The van der Waals surface area contributed by atoms with Gasteiger partial charge in [0.1, 0.15) is 17.8 Å². The first-order valence-corrected chi connectivity index (χ1v) is 9.18. The number of likely N-dealkylation sites (tertiary alicyclic amines) is 1. The standard InChI is InChI=1S/C21H28N2O4/c1-7-20(5,6)21-12-15(16(24)25)23(18(26)27-19(2,3)4)17(21)22-14-11-9-8-10-13(14)21/h7-11,15,17,22H,1,12H2,2-6H3,(H,24,25)/t15?,17-,21+/m0/s1. The van der Waals surface area contributed by atoms with Crippen molar-refractivity contribution < 1.29 is 19.4 Å². The van der Waals surface area contributed by atoms with Crippen molar-refractivity contribution in [2.75, 3.05) is 5.32 Å². The summed E-state index contributed by atoms with van der Waals surface area (Å²) in [7, 11) is 0. The zero-order valence-corrected chi connectivity index (χ0v) is 16.6.